The molecule has 6 nitrogen and oxygen atoms in total. The van der Waals surface area contributed by atoms with Crippen LogP contribution in [-0.4, -0.2) is 34.0 Å². The number of rotatable bonds is 6. The first kappa shape index (κ1) is 20.8. The van der Waals surface area contributed by atoms with E-state index in [4.69, 9.17) is 27.7 Å². The largest absolute Gasteiger partial charge is 0.352 e. The van der Waals surface area contributed by atoms with Crippen LogP contribution in [-0.2, 0) is 17.9 Å². The normalized spacial score (nSPS) is 15.3. The molecule has 0 unspecified atom stereocenters. The van der Waals surface area contributed by atoms with Crippen molar-refractivity contribution in [3.05, 3.63) is 70.0 Å². The lowest BCUT2D eigenvalue weighted by Gasteiger charge is -2.30. The number of piperidine rings is 1. The van der Waals surface area contributed by atoms with Crippen LogP contribution < -0.4 is 5.32 Å². The number of halogens is 2. The molecule has 0 saturated carbocycles. The van der Waals surface area contributed by atoms with Gasteiger partial charge in [-0.25, -0.2) is 0 Å². The minimum absolute atomic E-state index is 0.0231. The topological polar surface area (TPSA) is 71.3 Å². The van der Waals surface area contributed by atoms with E-state index in [-0.39, 0.29) is 11.8 Å². The summed E-state index contributed by atoms with van der Waals surface area (Å²) in [7, 11) is 0. The van der Waals surface area contributed by atoms with Gasteiger partial charge < -0.3 is 9.84 Å². The Kier molecular flexibility index (Phi) is 6.67. The number of amides is 1. The molecule has 1 aromatic heterocycles. The fourth-order valence-electron chi connectivity index (χ4n) is 3.55. The highest BCUT2D eigenvalue weighted by molar-refractivity contribution is 6.33. The number of carbonyl (C=O) groups excluding carboxylic acids is 1. The molecule has 1 aliphatic heterocycles. The Morgan fingerprint density at radius 1 is 1.10 bits per heavy atom. The Morgan fingerprint density at radius 2 is 1.83 bits per heavy atom. The molecule has 156 valence electrons. The molecule has 2 heterocycles. The van der Waals surface area contributed by atoms with Gasteiger partial charge in [-0.05, 0) is 55.8 Å². The zero-order valence-electron chi connectivity index (χ0n) is 16.4. The van der Waals surface area contributed by atoms with Crippen molar-refractivity contribution in [1.29, 1.82) is 0 Å². The molecule has 1 fully saturated rings. The summed E-state index contributed by atoms with van der Waals surface area (Å²) in [6, 6.07) is 14.9. The van der Waals surface area contributed by atoms with E-state index in [0.29, 0.717) is 34.8 Å². The van der Waals surface area contributed by atoms with Crippen molar-refractivity contribution < 1.29 is 9.32 Å². The van der Waals surface area contributed by atoms with E-state index >= 15 is 0 Å². The van der Waals surface area contributed by atoms with Crippen LogP contribution in [0.25, 0.3) is 11.4 Å². The van der Waals surface area contributed by atoms with Crippen LogP contribution in [0.4, 0.5) is 0 Å². The molecule has 0 spiro atoms. The fourth-order valence-corrected chi connectivity index (χ4v) is 3.90. The number of nitrogens with one attached hydrogen (secondary N) is 1. The van der Waals surface area contributed by atoms with Crippen LogP contribution >= 0.6 is 23.2 Å². The third-order valence-corrected chi connectivity index (χ3v) is 5.86. The van der Waals surface area contributed by atoms with Gasteiger partial charge in [0.2, 0.25) is 17.6 Å². The zero-order chi connectivity index (χ0) is 20.9. The quantitative estimate of drug-likeness (QED) is 0.602. The van der Waals surface area contributed by atoms with Gasteiger partial charge in [0.05, 0.1) is 11.6 Å². The standard InChI is InChI=1S/C22H22Cl2N4O2/c23-17-7-5-15(6-8-17)13-25-22(29)16-9-11-28(12-10-16)14-20-26-21(27-30-20)18-3-1-2-4-19(18)24/h1-8,16H,9-14H2,(H,25,29). The average Bonchev–Trinajstić information content (AvgIpc) is 3.22. The minimum Gasteiger partial charge on any atom is -0.352 e. The van der Waals surface area contributed by atoms with Crippen LogP contribution in [0.2, 0.25) is 10.0 Å². The van der Waals surface area contributed by atoms with E-state index in [2.05, 4.69) is 20.4 Å². The molecule has 1 N–H and O–H groups in total. The molecule has 4 rings (SSSR count). The van der Waals surface area contributed by atoms with Crippen molar-refractivity contribution in [2.24, 2.45) is 5.92 Å². The number of nitrogens with zero attached hydrogens (tertiary/aromatic N) is 3. The van der Waals surface area contributed by atoms with Crippen molar-refractivity contribution in [2.75, 3.05) is 13.1 Å². The van der Waals surface area contributed by atoms with Gasteiger partial charge in [0, 0.05) is 23.0 Å². The predicted molar refractivity (Wildman–Crippen MR) is 116 cm³/mol. The first-order valence-electron chi connectivity index (χ1n) is 9.90. The molecule has 8 heteroatoms. The summed E-state index contributed by atoms with van der Waals surface area (Å²) in [4.78, 5) is 19.2. The Labute approximate surface area is 185 Å². The molecule has 30 heavy (non-hydrogen) atoms. The van der Waals surface area contributed by atoms with Crippen molar-refractivity contribution in [1.82, 2.24) is 20.4 Å². The maximum absolute atomic E-state index is 12.5. The van der Waals surface area contributed by atoms with Crippen molar-refractivity contribution in [3.8, 4) is 11.4 Å². The summed E-state index contributed by atoms with van der Waals surface area (Å²) < 4.78 is 5.40. The second-order valence-electron chi connectivity index (χ2n) is 7.39. The summed E-state index contributed by atoms with van der Waals surface area (Å²) in [6.07, 6.45) is 1.61. The van der Waals surface area contributed by atoms with E-state index in [1.165, 1.54) is 0 Å². The van der Waals surface area contributed by atoms with Crippen molar-refractivity contribution in [3.63, 3.8) is 0 Å². The van der Waals surface area contributed by atoms with Crippen molar-refractivity contribution >= 4 is 29.1 Å². The van der Waals surface area contributed by atoms with Gasteiger partial charge >= 0.3 is 0 Å². The number of aromatic nitrogens is 2. The summed E-state index contributed by atoms with van der Waals surface area (Å²) >= 11 is 12.1. The van der Waals surface area contributed by atoms with Gasteiger partial charge in [0.1, 0.15) is 0 Å². The van der Waals surface area contributed by atoms with Gasteiger partial charge in [-0.3, -0.25) is 9.69 Å². The summed E-state index contributed by atoms with van der Waals surface area (Å²) in [5.41, 5.74) is 1.79. The highest BCUT2D eigenvalue weighted by Crippen LogP contribution is 2.25. The van der Waals surface area contributed by atoms with Crippen LogP contribution in [0.1, 0.15) is 24.3 Å². The number of carbonyl (C=O) groups is 1. The molecule has 1 saturated heterocycles. The maximum atomic E-state index is 12.5. The number of likely N-dealkylation sites (tertiary alicyclic amines) is 1. The third-order valence-electron chi connectivity index (χ3n) is 5.28. The molecular formula is C22H22Cl2N4O2. The second kappa shape index (κ2) is 9.60. The van der Waals surface area contributed by atoms with E-state index in [1.807, 2.05) is 42.5 Å². The van der Waals surface area contributed by atoms with Crippen LogP contribution in [0, 0.1) is 5.92 Å². The smallest absolute Gasteiger partial charge is 0.241 e. The first-order chi connectivity index (χ1) is 14.6. The SMILES string of the molecule is O=C(NCc1ccc(Cl)cc1)C1CCN(Cc2nc(-c3ccccc3Cl)no2)CC1. The monoisotopic (exact) mass is 444 g/mol. The lowest BCUT2D eigenvalue weighted by molar-refractivity contribution is -0.126. The third kappa shape index (κ3) is 5.19. The first-order valence-corrected chi connectivity index (χ1v) is 10.7. The molecule has 0 aliphatic carbocycles. The highest BCUT2D eigenvalue weighted by Gasteiger charge is 2.26. The van der Waals surface area contributed by atoms with Crippen LogP contribution in [0.15, 0.2) is 53.1 Å². The maximum Gasteiger partial charge on any atom is 0.241 e. The number of hydrogen-bond acceptors (Lipinski definition) is 5. The fraction of sp³-hybridized carbons (Fsp3) is 0.318. The molecule has 0 atom stereocenters. The number of hydrogen-bond donors (Lipinski definition) is 1. The Bertz CT molecular complexity index is 998. The zero-order valence-corrected chi connectivity index (χ0v) is 17.9. The Hall–Kier alpha value is -2.41. The molecule has 0 bridgehead atoms. The molecule has 2 aromatic carbocycles. The lowest BCUT2D eigenvalue weighted by atomic mass is 9.96. The highest BCUT2D eigenvalue weighted by atomic mass is 35.5. The van der Waals surface area contributed by atoms with Gasteiger partial charge in [-0.1, -0.05) is 52.6 Å². The summed E-state index contributed by atoms with van der Waals surface area (Å²) in [5.74, 6) is 1.17. The second-order valence-corrected chi connectivity index (χ2v) is 8.23. The van der Waals surface area contributed by atoms with Gasteiger partial charge in [-0.2, -0.15) is 4.98 Å². The van der Waals surface area contributed by atoms with Crippen LogP contribution in [0.3, 0.4) is 0 Å². The van der Waals surface area contributed by atoms with Gasteiger partial charge in [0.25, 0.3) is 0 Å². The molecule has 3 aromatic rings. The molecule has 1 amide bonds. The number of benzene rings is 2. The van der Waals surface area contributed by atoms with E-state index in [0.717, 1.165) is 37.1 Å². The van der Waals surface area contributed by atoms with Gasteiger partial charge in [-0.15, -0.1) is 0 Å². The Balaban J connectivity index is 1.25. The Morgan fingerprint density at radius 3 is 2.57 bits per heavy atom. The van der Waals surface area contributed by atoms with Crippen LogP contribution in [0.5, 0.6) is 0 Å². The molecule has 0 radical (unpaired) electrons. The minimum atomic E-state index is 0.0231. The summed E-state index contributed by atoms with van der Waals surface area (Å²) in [5, 5.41) is 8.36. The summed E-state index contributed by atoms with van der Waals surface area (Å²) in [6.45, 7) is 2.70. The average molecular weight is 445 g/mol. The lowest BCUT2D eigenvalue weighted by Crippen LogP contribution is -2.40. The predicted octanol–water partition coefficient (Wildman–Crippen LogP) is 4.57. The van der Waals surface area contributed by atoms with Crippen molar-refractivity contribution in [2.45, 2.75) is 25.9 Å². The van der Waals surface area contributed by atoms with E-state index in [1.54, 1.807) is 6.07 Å². The van der Waals surface area contributed by atoms with E-state index in [9.17, 15) is 4.79 Å². The molecule has 1 aliphatic rings. The molecular weight excluding hydrogens is 423 g/mol. The van der Waals surface area contributed by atoms with E-state index < -0.39 is 0 Å². The van der Waals surface area contributed by atoms with Gasteiger partial charge in [0.15, 0.2) is 0 Å².